The number of hydrogen-bond acceptors (Lipinski definition) is 3. The second-order valence-corrected chi connectivity index (χ2v) is 12.2. The lowest BCUT2D eigenvalue weighted by molar-refractivity contribution is 1.29. The van der Waals surface area contributed by atoms with Crippen LogP contribution in [0.4, 0.5) is 17.1 Å². The summed E-state index contributed by atoms with van der Waals surface area (Å²) in [6.07, 6.45) is 1.94. The van der Waals surface area contributed by atoms with Gasteiger partial charge in [-0.1, -0.05) is 115 Å². The minimum absolute atomic E-state index is 1.05. The number of nitrogens with zero attached hydrogens (tertiary/aromatic N) is 2. The van der Waals surface area contributed by atoms with Crippen molar-refractivity contribution in [2.45, 2.75) is 0 Å². The van der Waals surface area contributed by atoms with Gasteiger partial charge in [0.05, 0.1) is 5.69 Å². The molecule has 44 heavy (non-hydrogen) atoms. The van der Waals surface area contributed by atoms with Gasteiger partial charge in [0.2, 0.25) is 0 Å². The largest absolute Gasteiger partial charge is 0.310 e. The molecule has 0 atom stereocenters. The summed E-state index contributed by atoms with van der Waals surface area (Å²) in [5.41, 5.74) is 5.77. The second kappa shape index (κ2) is 10.0. The van der Waals surface area contributed by atoms with Crippen LogP contribution in [0.25, 0.3) is 63.7 Å². The highest BCUT2D eigenvalue weighted by Crippen LogP contribution is 2.45. The zero-order valence-corrected chi connectivity index (χ0v) is 24.6. The van der Waals surface area contributed by atoms with Gasteiger partial charge in [-0.05, 0) is 79.8 Å². The van der Waals surface area contributed by atoms with Crippen molar-refractivity contribution >= 4 is 81.0 Å². The molecule has 0 fully saturated rings. The van der Waals surface area contributed by atoms with Gasteiger partial charge in [0.15, 0.2) is 0 Å². The van der Waals surface area contributed by atoms with Crippen molar-refractivity contribution in [2.75, 3.05) is 4.90 Å². The molecule has 0 spiro atoms. The van der Waals surface area contributed by atoms with Crippen LogP contribution in [0.1, 0.15) is 0 Å². The van der Waals surface area contributed by atoms with Crippen molar-refractivity contribution in [3.8, 4) is 11.1 Å². The zero-order chi connectivity index (χ0) is 29.0. The quantitative estimate of drug-likeness (QED) is 0.193. The Morgan fingerprint density at radius 3 is 1.93 bits per heavy atom. The molecule has 206 valence electrons. The number of benzene rings is 7. The van der Waals surface area contributed by atoms with Crippen molar-refractivity contribution in [2.24, 2.45) is 0 Å². The number of thiophene rings is 1. The SMILES string of the molecule is c1ccc(-c2ccc(N(c3ccc4c(ccc5c6ccccc6ccc45)c3)c3ccnc4sc5ccccc5c34)cc2)cc1. The van der Waals surface area contributed by atoms with Gasteiger partial charge in [-0.2, -0.15) is 0 Å². The van der Waals surface area contributed by atoms with Gasteiger partial charge >= 0.3 is 0 Å². The average Bonchev–Trinajstić information content (AvgIpc) is 3.48. The summed E-state index contributed by atoms with van der Waals surface area (Å²) in [5, 5.41) is 10.0. The van der Waals surface area contributed by atoms with Gasteiger partial charge in [0.25, 0.3) is 0 Å². The molecule has 0 aliphatic rings. The molecule has 7 aromatic carbocycles. The monoisotopic (exact) mass is 578 g/mol. The van der Waals surface area contributed by atoms with E-state index in [1.54, 1.807) is 11.3 Å². The smallest absolute Gasteiger partial charge is 0.126 e. The molecule has 0 bridgehead atoms. The van der Waals surface area contributed by atoms with E-state index in [1.807, 2.05) is 6.20 Å². The Bertz CT molecular complexity index is 2490. The fourth-order valence-corrected chi connectivity index (χ4v) is 7.70. The standard InChI is InChI=1S/C41H26N2S/c1-2-8-27(9-3-1)28-14-18-31(19-15-28)43(38-24-25-42-41-40(38)37-12-6-7-13-39(37)44-41)32-20-23-34-30(26-32)17-22-35-33-11-5-4-10-29(33)16-21-36(34)35/h1-26H. The van der Waals surface area contributed by atoms with Gasteiger partial charge in [-0.25, -0.2) is 4.98 Å². The fourth-order valence-electron chi connectivity index (χ4n) is 6.63. The minimum Gasteiger partial charge on any atom is -0.310 e. The molecule has 3 heteroatoms. The Balaban J connectivity index is 1.27. The van der Waals surface area contributed by atoms with E-state index >= 15 is 0 Å². The van der Waals surface area contributed by atoms with Gasteiger partial charge in [-0.15, -0.1) is 11.3 Å². The van der Waals surface area contributed by atoms with Crippen LogP contribution in [0.3, 0.4) is 0 Å². The van der Waals surface area contributed by atoms with Crippen LogP contribution in [-0.4, -0.2) is 4.98 Å². The number of anilines is 3. The highest BCUT2D eigenvalue weighted by Gasteiger charge is 2.20. The molecule has 0 saturated heterocycles. The van der Waals surface area contributed by atoms with Crippen LogP contribution in [0.15, 0.2) is 158 Å². The van der Waals surface area contributed by atoms with Crippen LogP contribution in [0.2, 0.25) is 0 Å². The Labute approximate surface area is 259 Å². The molecule has 0 amide bonds. The van der Waals surface area contributed by atoms with Crippen molar-refractivity contribution in [3.05, 3.63) is 158 Å². The third-order valence-electron chi connectivity index (χ3n) is 8.71. The lowest BCUT2D eigenvalue weighted by Gasteiger charge is -2.27. The van der Waals surface area contributed by atoms with E-state index in [4.69, 9.17) is 4.98 Å². The first-order chi connectivity index (χ1) is 21.8. The Hall–Kier alpha value is -5.51. The molecule has 2 aromatic heterocycles. The van der Waals surface area contributed by atoms with Crippen molar-refractivity contribution in [1.82, 2.24) is 4.98 Å². The molecule has 9 rings (SSSR count). The molecule has 0 aliphatic carbocycles. The third kappa shape index (κ3) is 3.98. The molecular weight excluding hydrogens is 553 g/mol. The summed E-state index contributed by atoms with van der Waals surface area (Å²) < 4.78 is 1.25. The van der Waals surface area contributed by atoms with E-state index in [2.05, 4.69) is 157 Å². The van der Waals surface area contributed by atoms with E-state index in [1.165, 1.54) is 58.9 Å². The van der Waals surface area contributed by atoms with Crippen LogP contribution in [0.5, 0.6) is 0 Å². The van der Waals surface area contributed by atoms with Crippen molar-refractivity contribution < 1.29 is 0 Å². The molecule has 0 unspecified atom stereocenters. The predicted octanol–water partition coefficient (Wildman–Crippen LogP) is 12.0. The summed E-state index contributed by atoms with van der Waals surface area (Å²) in [4.78, 5) is 8.24. The summed E-state index contributed by atoms with van der Waals surface area (Å²) in [6, 6.07) is 54.8. The van der Waals surface area contributed by atoms with Crippen LogP contribution >= 0.6 is 11.3 Å². The first-order valence-corrected chi connectivity index (χ1v) is 15.7. The molecule has 0 saturated carbocycles. The first kappa shape index (κ1) is 25.0. The first-order valence-electron chi connectivity index (χ1n) is 14.9. The van der Waals surface area contributed by atoms with Crippen LogP contribution in [0, 0.1) is 0 Å². The number of pyridine rings is 1. The Morgan fingerprint density at radius 1 is 0.455 bits per heavy atom. The van der Waals surface area contributed by atoms with Crippen molar-refractivity contribution in [1.29, 1.82) is 0 Å². The molecule has 0 radical (unpaired) electrons. The van der Waals surface area contributed by atoms with Crippen LogP contribution < -0.4 is 4.90 Å². The predicted molar refractivity (Wildman–Crippen MR) is 190 cm³/mol. The van der Waals surface area contributed by atoms with Crippen molar-refractivity contribution in [3.63, 3.8) is 0 Å². The molecule has 0 N–H and O–H groups in total. The van der Waals surface area contributed by atoms with Gasteiger partial charge in [0, 0.05) is 33.0 Å². The molecular formula is C41H26N2S. The number of rotatable bonds is 4. The van der Waals surface area contributed by atoms with E-state index in [-0.39, 0.29) is 0 Å². The van der Waals surface area contributed by atoms with Gasteiger partial charge in [0.1, 0.15) is 4.83 Å². The summed E-state index contributed by atoms with van der Waals surface area (Å²) in [7, 11) is 0. The molecule has 9 aromatic rings. The topological polar surface area (TPSA) is 16.1 Å². The normalized spacial score (nSPS) is 11.6. The second-order valence-electron chi connectivity index (χ2n) is 11.2. The van der Waals surface area contributed by atoms with E-state index in [0.29, 0.717) is 0 Å². The zero-order valence-electron chi connectivity index (χ0n) is 23.8. The summed E-state index contributed by atoms with van der Waals surface area (Å²) in [6.45, 7) is 0. The average molecular weight is 579 g/mol. The maximum absolute atomic E-state index is 4.80. The third-order valence-corrected chi connectivity index (χ3v) is 9.79. The highest BCUT2D eigenvalue weighted by molar-refractivity contribution is 7.25. The maximum Gasteiger partial charge on any atom is 0.126 e. The van der Waals surface area contributed by atoms with Gasteiger partial charge in [-0.3, -0.25) is 0 Å². The fraction of sp³-hybridized carbons (Fsp3) is 0. The summed E-state index contributed by atoms with van der Waals surface area (Å²) >= 11 is 1.75. The lowest BCUT2D eigenvalue weighted by Crippen LogP contribution is -2.10. The minimum atomic E-state index is 1.05. The number of fused-ring (bicyclic) bond motifs is 8. The molecule has 2 nitrogen and oxygen atoms in total. The Morgan fingerprint density at radius 2 is 1.09 bits per heavy atom. The van der Waals surface area contributed by atoms with E-state index in [0.717, 1.165) is 21.9 Å². The Kier molecular flexibility index (Phi) is 5.71. The maximum atomic E-state index is 4.80. The lowest BCUT2D eigenvalue weighted by atomic mass is 9.96. The van der Waals surface area contributed by atoms with E-state index in [9.17, 15) is 0 Å². The summed E-state index contributed by atoms with van der Waals surface area (Å²) in [5.74, 6) is 0. The number of hydrogen-bond donors (Lipinski definition) is 0. The molecule has 2 heterocycles. The van der Waals surface area contributed by atoms with Crippen LogP contribution in [-0.2, 0) is 0 Å². The van der Waals surface area contributed by atoms with Gasteiger partial charge < -0.3 is 4.90 Å². The molecule has 0 aliphatic heterocycles. The van der Waals surface area contributed by atoms with E-state index < -0.39 is 0 Å². The number of aromatic nitrogens is 1. The highest BCUT2D eigenvalue weighted by atomic mass is 32.1.